The Labute approximate surface area is 130 Å². The van der Waals surface area contributed by atoms with E-state index in [1.54, 1.807) is 0 Å². The zero-order chi connectivity index (χ0) is 15.5. The molecule has 0 spiro atoms. The van der Waals surface area contributed by atoms with Crippen LogP contribution < -0.4 is 10.6 Å². The molecule has 0 aliphatic heterocycles. The lowest BCUT2D eigenvalue weighted by Crippen LogP contribution is -2.31. The average Bonchev–Trinajstić information content (AvgIpc) is 3.23. The fraction of sp³-hybridized carbons (Fsp3) is 0.412. The molecule has 1 fully saturated rings. The minimum atomic E-state index is -0.170. The predicted octanol–water partition coefficient (Wildman–Crippen LogP) is 3.20. The Balaban J connectivity index is 1.47. The lowest BCUT2D eigenvalue weighted by atomic mass is 10.1. The number of hydrogen-bond acceptors (Lipinski definition) is 2. The summed E-state index contributed by atoms with van der Waals surface area (Å²) in [6, 6.07) is 5.74. The third-order valence-corrected chi connectivity index (χ3v) is 4.09. The SMILES string of the molecule is Cc1ccc(NC(=O)NCCn2ccnc2C2CC2)cc1C. The van der Waals surface area contributed by atoms with Gasteiger partial charge in [0.1, 0.15) is 5.82 Å². The zero-order valence-corrected chi connectivity index (χ0v) is 13.1. The third kappa shape index (κ3) is 3.47. The van der Waals surface area contributed by atoms with Crippen LogP contribution in [0, 0.1) is 13.8 Å². The number of amides is 2. The number of nitrogens with one attached hydrogen (secondary N) is 2. The highest BCUT2D eigenvalue weighted by Crippen LogP contribution is 2.38. The molecule has 1 aromatic heterocycles. The second-order valence-corrected chi connectivity index (χ2v) is 5.93. The van der Waals surface area contributed by atoms with Gasteiger partial charge in [-0.25, -0.2) is 9.78 Å². The van der Waals surface area contributed by atoms with E-state index in [9.17, 15) is 4.79 Å². The van der Waals surface area contributed by atoms with E-state index in [-0.39, 0.29) is 6.03 Å². The van der Waals surface area contributed by atoms with Crippen molar-refractivity contribution in [2.24, 2.45) is 0 Å². The average molecular weight is 298 g/mol. The number of rotatable bonds is 5. The number of hydrogen-bond donors (Lipinski definition) is 2. The van der Waals surface area contributed by atoms with Gasteiger partial charge in [-0.15, -0.1) is 0 Å². The van der Waals surface area contributed by atoms with Gasteiger partial charge in [0.15, 0.2) is 0 Å². The minimum absolute atomic E-state index is 0.170. The molecule has 1 aliphatic carbocycles. The van der Waals surface area contributed by atoms with Crippen LogP contribution in [0.2, 0.25) is 0 Å². The summed E-state index contributed by atoms with van der Waals surface area (Å²) in [6.45, 7) is 5.44. The lowest BCUT2D eigenvalue weighted by Gasteiger charge is -2.11. The van der Waals surface area contributed by atoms with Crippen molar-refractivity contribution in [2.75, 3.05) is 11.9 Å². The molecule has 2 aromatic rings. The van der Waals surface area contributed by atoms with Crippen LogP contribution in [0.15, 0.2) is 30.6 Å². The van der Waals surface area contributed by atoms with Crippen LogP contribution in [-0.2, 0) is 6.54 Å². The third-order valence-electron chi connectivity index (χ3n) is 4.09. The molecule has 0 saturated heterocycles. The fourth-order valence-corrected chi connectivity index (χ4v) is 2.50. The zero-order valence-electron chi connectivity index (χ0n) is 13.1. The highest BCUT2D eigenvalue weighted by atomic mass is 16.2. The summed E-state index contributed by atoms with van der Waals surface area (Å²) in [7, 11) is 0. The van der Waals surface area contributed by atoms with Crippen molar-refractivity contribution in [2.45, 2.75) is 39.2 Å². The van der Waals surface area contributed by atoms with Gasteiger partial charge in [0.2, 0.25) is 0 Å². The van der Waals surface area contributed by atoms with Crippen LogP contribution in [-0.4, -0.2) is 22.1 Å². The summed E-state index contributed by atoms with van der Waals surface area (Å²) in [4.78, 5) is 16.3. The monoisotopic (exact) mass is 298 g/mol. The maximum Gasteiger partial charge on any atom is 0.319 e. The summed E-state index contributed by atoms with van der Waals surface area (Å²) >= 11 is 0. The molecule has 0 bridgehead atoms. The van der Waals surface area contributed by atoms with Crippen LogP contribution in [0.1, 0.15) is 35.7 Å². The molecule has 1 saturated carbocycles. The molecule has 5 heteroatoms. The van der Waals surface area contributed by atoms with Crippen LogP contribution in [0.4, 0.5) is 10.5 Å². The van der Waals surface area contributed by atoms with E-state index >= 15 is 0 Å². The number of aromatic nitrogens is 2. The number of urea groups is 1. The van der Waals surface area contributed by atoms with Crippen LogP contribution >= 0.6 is 0 Å². The number of anilines is 1. The molecular formula is C17H22N4O. The second-order valence-electron chi connectivity index (χ2n) is 5.93. The highest BCUT2D eigenvalue weighted by Gasteiger charge is 2.27. The molecule has 3 rings (SSSR count). The lowest BCUT2D eigenvalue weighted by molar-refractivity contribution is 0.251. The van der Waals surface area contributed by atoms with Crippen LogP contribution in [0.3, 0.4) is 0 Å². The van der Waals surface area contributed by atoms with Crippen LogP contribution in [0.5, 0.6) is 0 Å². The first-order valence-corrected chi connectivity index (χ1v) is 7.76. The molecule has 5 nitrogen and oxygen atoms in total. The van der Waals surface area contributed by atoms with Gasteiger partial charge in [0.05, 0.1) is 0 Å². The van der Waals surface area contributed by atoms with E-state index in [0.29, 0.717) is 12.5 Å². The van der Waals surface area contributed by atoms with Crippen LogP contribution in [0.25, 0.3) is 0 Å². The fourth-order valence-electron chi connectivity index (χ4n) is 2.50. The van der Waals surface area contributed by atoms with Gasteiger partial charge >= 0.3 is 6.03 Å². The Morgan fingerprint density at radius 1 is 1.32 bits per heavy atom. The molecule has 1 aromatic carbocycles. The Morgan fingerprint density at radius 3 is 2.86 bits per heavy atom. The van der Waals surface area contributed by atoms with Gasteiger partial charge in [-0.05, 0) is 49.9 Å². The Bertz CT molecular complexity index is 673. The van der Waals surface area contributed by atoms with Crippen molar-refractivity contribution in [1.82, 2.24) is 14.9 Å². The molecule has 2 amide bonds. The largest absolute Gasteiger partial charge is 0.336 e. The number of carbonyl (C=O) groups is 1. The van der Waals surface area contributed by atoms with E-state index in [1.807, 2.05) is 37.5 Å². The Kier molecular flexibility index (Phi) is 4.13. The van der Waals surface area contributed by atoms with E-state index < -0.39 is 0 Å². The van der Waals surface area contributed by atoms with E-state index in [4.69, 9.17) is 0 Å². The maximum atomic E-state index is 11.9. The Morgan fingerprint density at radius 2 is 2.14 bits per heavy atom. The minimum Gasteiger partial charge on any atom is -0.336 e. The van der Waals surface area contributed by atoms with Gasteiger partial charge < -0.3 is 15.2 Å². The molecule has 22 heavy (non-hydrogen) atoms. The Hall–Kier alpha value is -2.30. The van der Waals surface area contributed by atoms with Crippen molar-refractivity contribution in [3.63, 3.8) is 0 Å². The second kappa shape index (κ2) is 6.22. The number of carbonyl (C=O) groups excluding carboxylic acids is 1. The van der Waals surface area contributed by atoms with Crippen molar-refractivity contribution in [3.8, 4) is 0 Å². The smallest absolute Gasteiger partial charge is 0.319 e. The summed E-state index contributed by atoms with van der Waals surface area (Å²) in [6.07, 6.45) is 6.29. The highest BCUT2D eigenvalue weighted by molar-refractivity contribution is 5.89. The first kappa shape index (κ1) is 14.6. The van der Waals surface area contributed by atoms with Crippen molar-refractivity contribution < 1.29 is 4.79 Å². The predicted molar refractivity (Wildman–Crippen MR) is 87.1 cm³/mol. The summed E-state index contributed by atoms with van der Waals surface area (Å²) in [5, 5.41) is 5.76. The molecule has 2 N–H and O–H groups in total. The first-order valence-electron chi connectivity index (χ1n) is 7.76. The van der Waals surface area contributed by atoms with Gasteiger partial charge in [-0.1, -0.05) is 6.07 Å². The quantitative estimate of drug-likeness (QED) is 0.890. The summed E-state index contributed by atoms with van der Waals surface area (Å²) < 4.78 is 2.13. The molecule has 0 radical (unpaired) electrons. The maximum absolute atomic E-state index is 11.9. The number of imidazole rings is 1. The molecule has 116 valence electrons. The van der Waals surface area contributed by atoms with E-state index in [2.05, 4.69) is 27.1 Å². The normalized spacial score (nSPS) is 13.9. The molecule has 1 heterocycles. The number of aryl methyl sites for hydroxylation is 2. The molecule has 0 atom stereocenters. The van der Waals surface area contributed by atoms with Gasteiger partial charge in [-0.3, -0.25) is 0 Å². The van der Waals surface area contributed by atoms with E-state index in [0.717, 1.165) is 18.1 Å². The van der Waals surface area contributed by atoms with Crippen molar-refractivity contribution in [3.05, 3.63) is 47.5 Å². The number of benzene rings is 1. The molecular weight excluding hydrogens is 276 g/mol. The van der Waals surface area contributed by atoms with Gasteiger partial charge in [-0.2, -0.15) is 0 Å². The topological polar surface area (TPSA) is 59.0 Å². The molecule has 1 aliphatic rings. The standard InChI is InChI=1S/C17H22N4O/c1-12-3-6-15(11-13(12)2)20-17(22)19-8-10-21-9-7-18-16(21)14-4-5-14/h3,6-7,9,11,14H,4-5,8,10H2,1-2H3,(H2,19,20,22). The van der Waals surface area contributed by atoms with Gasteiger partial charge in [0, 0.05) is 37.1 Å². The first-order chi connectivity index (χ1) is 10.6. The summed E-state index contributed by atoms with van der Waals surface area (Å²) in [5.74, 6) is 1.77. The number of nitrogens with zero attached hydrogens (tertiary/aromatic N) is 2. The van der Waals surface area contributed by atoms with Gasteiger partial charge in [0.25, 0.3) is 0 Å². The van der Waals surface area contributed by atoms with E-state index in [1.165, 1.54) is 24.0 Å². The molecule has 0 unspecified atom stereocenters. The van der Waals surface area contributed by atoms with Crippen molar-refractivity contribution >= 4 is 11.7 Å². The summed E-state index contributed by atoms with van der Waals surface area (Å²) in [5.41, 5.74) is 3.21. The van der Waals surface area contributed by atoms with Crippen molar-refractivity contribution in [1.29, 1.82) is 0 Å².